The minimum absolute atomic E-state index is 1.01. The van der Waals surface area contributed by atoms with E-state index in [-0.39, 0.29) is 0 Å². The lowest BCUT2D eigenvalue weighted by Gasteiger charge is -2.13. The van der Waals surface area contributed by atoms with Crippen molar-refractivity contribution < 1.29 is 0 Å². The second-order valence-electron chi connectivity index (χ2n) is 4.93. The van der Waals surface area contributed by atoms with Crippen molar-refractivity contribution in [1.29, 1.82) is 0 Å². The summed E-state index contributed by atoms with van der Waals surface area (Å²) in [5, 5.41) is 0. The normalized spacial score (nSPS) is 10.5. The molecule has 0 N–H and O–H groups in total. The molecule has 0 bridgehead atoms. The highest BCUT2D eigenvalue weighted by atomic mass is 32.1. The molecule has 0 aliphatic heterocycles. The van der Waals surface area contributed by atoms with Crippen LogP contribution in [0, 0.1) is 6.92 Å². The van der Waals surface area contributed by atoms with Crippen molar-refractivity contribution in [3.8, 4) is 22.3 Å². The van der Waals surface area contributed by atoms with Crippen LogP contribution in [0.5, 0.6) is 0 Å². The molecule has 0 atom stereocenters. The van der Waals surface area contributed by atoms with Gasteiger partial charge in [-0.15, -0.1) is 12.6 Å². The summed E-state index contributed by atoms with van der Waals surface area (Å²) in [6.45, 7) is 2.13. The third-order valence-electron chi connectivity index (χ3n) is 3.45. The maximum absolute atomic E-state index is 4.59. The Bertz CT molecular complexity index is 730. The molecule has 98 valence electrons. The van der Waals surface area contributed by atoms with Gasteiger partial charge in [-0.3, -0.25) is 0 Å². The molecule has 0 saturated heterocycles. The molecule has 0 unspecified atom stereocenters. The first-order valence-electron chi connectivity index (χ1n) is 6.70. The Balaban J connectivity index is 2.25. The predicted octanol–water partition coefficient (Wildman–Crippen LogP) is 5.62. The molecular weight excluding hydrogens is 260 g/mol. The molecular formula is C19H16S. The van der Waals surface area contributed by atoms with Gasteiger partial charge < -0.3 is 0 Å². The molecule has 0 aliphatic carbocycles. The van der Waals surface area contributed by atoms with Gasteiger partial charge in [0.05, 0.1) is 0 Å². The fourth-order valence-corrected chi connectivity index (χ4v) is 2.73. The van der Waals surface area contributed by atoms with Gasteiger partial charge in [-0.1, -0.05) is 72.3 Å². The first kappa shape index (κ1) is 13.0. The highest BCUT2D eigenvalue weighted by Gasteiger charge is 2.09. The van der Waals surface area contributed by atoms with E-state index in [9.17, 15) is 0 Å². The SMILES string of the molecule is Cc1ccc(-c2ccccc2S)c(-c2ccccc2)c1. The summed E-state index contributed by atoms with van der Waals surface area (Å²) < 4.78 is 0. The summed E-state index contributed by atoms with van der Waals surface area (Å²) in [6, 6.07) is 25.3. The van der Waals surface area contributed by atoms with Gasteiger partial charge in [-0.05, 0) is 35.2 Å². The van der Waals surface area contributed by atoms with Crippen LogP contribution in [0.1, 0.15) is 5.56 Å². The molecule has 0 aliphatic rings. The van der Waals surface area contributed by atoms with Crippen LogP contribution in [0.2, 0.25) is 0 Å². The maximum Gasteiger partial charge on any atom is 0.0119 e. The van der Waals surface area contributed by atoms with Crippen molar-refractivity contribution in [2.75, 3.05) is 0 Å². The fraction of sp³-hybridized carbons (Fsp3) is 0.0526. The number of thiol groups is 1. The van der Waals surface area contributed by atoms with Gasteiger partial charge in [-0.2, -0.15) is 0 Å². The van der Waals surface area contributed by atoms with Gasteiger partial charge in [0.15, 0.2) is 0 Å². The Labute approximate surface area is 125 Å². The highest BCUT2D eigenvalue weighted by Crippen LogP contribution is 2.35. The lowest BCUT2D eigenvalue weighted by molar-refractivity contribution is 1.42. The summed E-state index contributed by atoms with van der Waals surface area (Å²) in [6.07, 6.45) is 0. The van der Waals surface area contributed by atoms with Crippen LogP contribution in [0.25, 0.3) is 22.3 Å². The van der Waals surface area contributed by atoms with Gasteiger partial charge >= 0.3 is 0 Å². The van der Waals surface area contributed by atoms with Gasteiger partial charge in [0.25, 0.3) is 0 Å². The number of aryl methyl sites for hydroxylation is 1. The van der Waals surface area contributed by atoms with Crippen LogP contribution in [-0.2, 0) is 0 Å². The van der Waals surface area contributed by atoms with E-state index in [0.717, 1.165) is 4.90 Å². The van der Waals surface area contributed by atoms with E-state index in [1.54, 1.807) is 0 Å². The van der Waals surface area contributed by atoms with E-state index in [1.165, 1.54) is 27.8 Å². The van der Waals surface area contributed by atoms with Crippen molar-refractivity contribution in [3.63, 3.8) is 0 Å². The molecule has 0 nitrogen and oxygen atoms in total. The second kappa shape index (κ2) is 5.56. The fourth-order valence-electron chi connectivity index (χ4n) is 2.45. The zero-order valence-corrected chi connectivity index (χ0v) is 12.3. The predicted molar refractivity (Wildman–Crippen MR) is 89.3 cm³/mol. The van der Waals surface area contributed by atoms with Crippen LogP contribution in [0.3, 0.4) is 0 Å². The van der Waals surface area contributed by atoms with Crippen LogP contribution >= 0.6 is 12.6 Å². The molecule has 20 heavy (non-hydrogen) atoms. The number of rotatable bonds is 2. The van der Waals surface area contributed by atoms with Gasteiger partial charge in [-0.25, -0.2) is 0 Å². The van der Waals surface area contributed by atoms with Crippen LogP contribution in [0.15, 0.2) is 77.7 Å². The molecule has 0 saturated carbocycles. The largest absolute Gasteiger partial charge is 0.143 e. The topological polar surface area (TPSA) is 0 Å². The average molecular weight is 276 g/mol. The summed E-state index contributed by atoms with van der Waals surface area (Å²) in [4.78, 5) is 1.01. The minimum atomic E-state index is 1.01. The van der Waals surface area contributed by atoms with Crippen LogP contribution in [-0.4, -0.2) is 0 Å². The van der Waals surface area contributed by atoms with Gasteiger partial charge in [0.1, 0.15) is 0 Å². The van der Waals surface area contributed by atoms with E-state index in [1.807, 2.05) is 18.2 Å². The summed E-state index contributed by atoms with van der Waals surface area (Å²) in [5.41, 5.74) is 6.17. The molecule has 3 aromatic rings. The first-order chi connectivity index (χ1) is 9.75. The number of hydrogen-bond donors (Lipinski definition) is 1. The Morgan fingerprint density at radius 2 is 1.35 bits per heavy atom. The summed E-state index contributed by atoms with van der Waals surface area (Å²) >= 11 is 4.59. The average Bonchev–Trinajstić information content (AvgIpc) is 2.49. The molecule has 3 aromatic carbocycles. The second-order valence-corrected chi connectivity index (χ2v) is 5.41. The van der Waals surface area contributed by atoms with E-state index < -0.39 is 0 Å². The Morgan fingerprint density at radius 1 is 0.650 bits per heavy atom. The summed E-state index contributed by atoms with van der Waals surface area (Å²) in [5.74, 6) is 0. The third kappa shape index (κ3) is 2.50. The van der Waals surface area contributed by atoms with Crippen molar-refractivity contribution in [1.82, 2.24) is 0 Å². The molecule has 0 aromatic heterocycles. The molecule has 1 heteroatoms. The molecule has 0 fully saturated rings. The summed E-state index contributed by atoms with van der Waals surface area (Å²) in [7, 11) is 0. The highest BCUT2D eigenvalue weighted by molar-refractivity contribution is 7.80. The Kier molecular flexibility index (Phi) is 3.62. The number of benzene rings is 3. The van der Waals surface area contributed by atoms with Crippen molar-refractivity contribution >= 4 is 12.6 Å². The molecule has 0 amide bonds. The van der Waals surface area contributed by atoms with Crippen molar-refractivity contribution in [3.05, 3.63) is 78.4 Å². The van der Waals surface area contributed by atoms with E-state index >= 15 is 0 Å². The van der Waals surface area contributed by atoms with Crippen LogP contribution < -0.4 is 0 Å². The first-order valence-corrected chi connectivity index (χ1v) is 7.15. The monoisotopic (exact) mass is 276 g/mol. The van der Waals surface area contributed by atoms with E-state index in [4.69, 9.17) is 0 Å². The van der Waals surface area contributed by atoms with Crippen molar-refractivity contribution in [2.24, 2.45) is 0 Å². The third-order valence-corrected chi connectivity index (χ3v) is 3.84. The lowest BCUT2D eigenvalue weighted by Crippen LogP contribution is -1.87. The molecule has 0 spiro atoms. The Morgan fingerprint density at radius 3 is 2.10 bits per heavy atom. The zero-order chi connectivity index (χ0) is 13.9. The Hall–Kier alpha value is -1.99. The smallest absolute Gasteiger partial charge is 0.0119 e. The number of hydrogen-bond acceptors (Lipinski definition) is 1. The van der Waals surface area contributed by atoms with E-state index in [0.29, 0.717) is 0 Å². The van der Waals surface area contributed by atoms with Gasteiger partial charge in [0.2, 0.25) is 0 Å². The van der Waals surface area contributed by atoms with Gasteiger partial charge in [0, 0.05) is 4.90 Å². The lowest BCUT2D eigenvalue weighted by atomic mass is 9.93. The molecule has 0 radical (unpaired) electrons. The van der Waals surface area contributed by atoms with Crippen molar-refractivity contribution in [2.45, 2.75) is 11.8 Å². The quantitative estimate of drug-likeness (QED) is 0.577. The molecule has 0 heterocycles. The van der Waals surface area contributed by atoms with Crippen LogP contribution in [0.4, 0.5) is 0 Å². The minimum Gasteiger partial charge on any atom is -0.143 e. The van der Waals surface area contributed by atoms with E-state index in [2.05, 4.69) is 74.1 Å². The maximum atomic E-state index is 4.59. The standard InChI is InChI=1S/C19H16S/c1-14-11-12-16(17-9-5-6-10-19(17)20)18(13-14)15-7-3-2-4-8-15/h2-13,20H,1H3. The molecule has 3 rings (SSSR count). The zero-order valence-electron chi connectivity index (χ0n) is 11.4.